The minimum Gasteiger partial charge on any atom is -0.507 e. The summed E-state index contributed by atoms with van der Waals surface area (Å²) < 4.78 is 0. The fourth-order valence-corrected chi connectivity index (χ4v) is 2.73. The predicted octanol–water partition coefficient (Wildman–Crippen LogP) is 4.00. The summed E-state index contributed by atoms with van der Waals surface area (Å²) >= 11 is 11.7. The Bertz CT molecular complexity index is 847. The van der Waals surface area contributed by atoms with Crippen LogP contribution < -0.4 is 4.90 Å². The Kier molecular flexibility index (Phi) is 5.06. The molecule has 2 aromatic rings. The number of rotatable bonds is 4. The van der Waals surface area contributed by atoms with Crippen LogP contribution in [0.1, 0.15) is 31.8 Å². The summed E-state index contributed by atoms with van der Waals surface area (Å²) in [6.45, 7) is 1.79. The highest BCUT2D eigenvalue weighted by molar-refractivity contribution is 6.42. The Morgan fingerprint density at radius 2 is 1.50 bits per heavy atom. The van der Waals surface area contributed by atoms with E-state index in [1.54, 1.807) is 11.8 Å². The molecule has 0 unspecified atom stereocenters. The van der Waals surface area contributed by atoms with Gasteiger partial charge in [-0.05, 0) is 30.7 Å². The van der Waals surface area contributed by atoms with Crippen LogP contribution in [-0.4, -0.2) is 36.1 Å². The molecular weight excluding hydrogens is 353 g/mol. The molecule has 0 aliphatic rings. The van der Waals surface area contributed by atoms with Gasteiger partial charge in [0, 0.05) is 31.4 Å². The number of hydrogen-bond donors (Lipinski definition) is 2. The zero-order chi connectivity index (χ0) is 18.2. The van der Waals surface area contributed by atoms with E-state index in [-0.39, 0.29) is 32.5 Å². The van der Waals surface area contributed by atoms with Gasteiger partial charge >= 0.3 is 5.97 Å². The van der Waals surface area contributed by atoms with Crippen molar-refractivity contribution in [1.82, 2.24) is 0 Å². The van der Waals surface area contributed by atoms with Crippen molar-refractivity contribution in [3.63, 3.8) is 0 Å². The molecule has 0 radical (unpaired) electrons. The molecule has 126 valence electrons. The number of anilines is 1. The second-order valence-corrected chi connectivity index (χ2v) is 6.31. The van der Waals surface area contributed by atoms with Crippen LogP contribution in [0.4, 0.5) is 5.69 Å². The summed E-state index contributed by atoms with van der Waals surface area (Å²) in [5, 5.41) is 19.6. The standard InChI is InChI=1S/C17H15Cl2NO4/c1-8-4-11(15(21)7-14(8)20(2)3)16(22)9-5-12(18)13(19)6-10(9)17(23)24/h4-7,21H,1-3H3,(H,23,24). The van der Waals surface area contributed by atoms with Crippen LogP contribution in [0.5, 0.6) is 5.75 Å². The van der Waals surface area contributed by atoms with Crippen molar-refractivity contribution < 1.29 is 19.8 Å². The highest BCUT2D eigenvalue weighted by Gasteiger charge is 2.23. The second-order valence-electron chi connectivity index (χ2n) is 5.50. The lowest BCUT2D eigenvalue weighted by molar-refractivity contribution is 0.0692. The van der Waals surface area contributed by atoms with Crippen LogP contribution in [0.3, 0.4) is 0 Å². The van der Waals surface area contributed by atoms with Crippen molar-refractivity contribution in [3.8, 4) is 5.75 Å². The van der Waals surface area contributed by atoms with Crippen LogP contribution in [0.2, 0.25) is 10.0 Å². The number of benzene rings is 2. The highest BCUT2D eigenvalue weighted by Crippen LogP contribution is 2.32. The van der Waals surface area contributed by atoms with E-state index in [1.165, 1.54) is 18.2 Å². The van der Waals surface area contributed by atoms with Gasteiger partial charge in [-0.3, -0.25) is 4.79 Å². The fourth-order valence-electron chi connectivity index (χ4n) is 2.41. The van der Waals surface area contributed by atoms with Crippen LogP contribution in [0.15, 0.2) is 24.3 Å². The lowest BCUT2D eigenvalue weighted by atomic mass is 9.96. The van der Waals surface area contributed by atoms with E-state index >= 15 is 0 Å². The summed E-state index contributed by atoms with van der Waals surface area (Å²) in [4.78, 5) is 25.9. The number of carbonyl (C=O) groups is 2. The predicted molar refractivity (Wildman–Crippen MR) is 94.0 cm³/mol. The molecule has 2 N–H and O–H groups in total. The monoisotopic (exact) mass is 367 g/mol. The van der Waals surface area contributed by atoms with Crippen molar-refractivity contribution in [2.75, 3.05) is 19.0 Å². The van der Waals surface area contributed by atoms with Gasteiger partial charge in [-0.2, -0.15) is 0 Å². The summed E-state index contributed by atoms with van der Waals surface area (Å²) in [5.74, 6) is -2.19. The van der Waals surface area contributed by atoms with Gasteiger partial charge in [0.2, 0.25) is 0 Å². The molecule has 7 heteroatoms. The quantitative estimate of drug-likeness (QED) is 0.798. The maximum Gasteiger partial charge on any atom is 0.336 e. The molecule has 0 aliphatic carbocycles. The van der Waals surface area contributed by atoms with Gasteiger partial charge in [-0.25, -0.2) is 4.79 Å². The average molecular weight is 368 g/mol. The maximum absolute atomic E-state index is 12.8. The molecular formula is C17H15Cl2NO4. The number of ketones is 1. The topological polar surface area (TPSA) is 77.8 Å². The number of carbonyl (C=O) groups excluding carboxylic acids is 1. The van der Waals surface area contributed by atoms with Crippen molar-refractivity contribution in [2.45, 2.75) is 6.92 Å². The van der Waals surface area contributed by atoms with Gasteiger partial charge in [-0.15, -0.1) is 0 Å². The Labute approximate surface area is 149 Å². The van der Waals surface area contributed by atoms with E-state index in [2.05, 4.69) is 0 Å². The molecule has 5 nitrogen and oxygen atoms in total. The summed E-state index contributed by atoms with van der Waals surface area (Å²) in [6, 6.07) is 5.30. The highest BCUT2D eigenvalue weighted by atomic mass is 35.5. The molecule has 2 rings (SSSR count). The zero-order valence-corrected chi connectivity index (χ0v) is 14.7. The van der Waals surface area contributed by atoms with E-state index in [0.717, 1.165) is 17.3 Å². The first-order valence-electron chi connectivity index (χ1n) is 6.91. The van der Waals surface area contributed by atoms with E-state index < -0.39 is 11.8 Å². The molecule has 0 saturated heterocycles. The Hall–Kier alpha value is -2.24. The maximum atomic E-state index is 12.8. The molecule has 0 aromatic heterocycles. The molecule has 0 amide bonds. The van der Waals surface area contributed by atoms with Crippen LogP contribution >= 0.6 is 23.2 Å². The third-order valence-electron chi connectivity index (χ3n) is 3.58. The van der Waals surface area contributed by atoms with E-state index in [0.29, 0.717) is 0 Å². The first-order valence-corrected chi connectivity index (χ1v) is 7.67. The van der Waals surface area contributed by atoms with E-state index in [1.807, 2.05) is 14.1 Å². The second kappa shape index (κ2) is 6.71. The van der Waals surface area contributed by atoms with Crippen molar-refractivity contribution >= 4 is 40.6 Å². The number of nitrogens with zero attached hydrogens (tertiary/aromatic N) is 1. The number of aromatic carboxylic acids is 1. The summed E-state index contributed by atoms with van der Waals surface area (Å²) in [5.41, 5.74) is 1.10. The molecule has 24 heavy (non-hydrogen) atoms. The number of aryl methyl sites for hydroxylation is 1. The molecule has 2 aromatic carbocycles. The molecule has 0 aliphatic heterocycles. The smallest absolute Gasteiger partial charge is 0.336 e. The van der Waals surface area contributed by atoms with Gasteiger partial charge in [0.1, 0.15) is 5.75 Å². The fraction of sp³-hybridized carbons (Fsp3) is 0.176. The SMILES string of the molecule is Cc1cc(C(=O)c2cc(Cl)c(Cl)cc2C(=O)O)c(O)cc1N(C)C. The van der Waals surface area contributed by atoms with Crippen LogP contribution in [0, 0.1) is 6.92 Å². The van der Waals surface area contributed by atoms with Gasteiger partial charge < -0.3 is 15.1 Å². The number of hydrogen-bond acceptors (Lipinski definition) is 4. The normalized spacial score (nSPS) is 10.5. The van der Waals surface area contributed by atoms with Gasteiger partial charge in [0.15, 0.2) is 5.78 Å². The molecule has 0 fully saturated rings. The number of carboxylic acid groups (broad SMARTS) is 1. The molecule has 0 atom stereocenters. The Morgan fingerprint density at radius 1 is 0.958 bits per heavy atom. The average Bonchev–Trinajstić information content (AvgIpc) is 2.50. The molecule has 0 bridgehead atoms. The number of halogens is 2. The number of carboxylic acids is 1. The number of aromatic hydroxyl groups is 1. The summed E-state index contributed by atoms with van der Waals surface area (Å²) in [7, 11) is 3.62. The third-order valence-corrected chi connectivity index (χ3v) is 4.30. The first kappa shape index (κ1) is 18.1. The lowest BCUT2D eigenvalue weighted by Gasteiger charge is -2.17. The first-order chi connectivity index (χ1) is 11.1. The van der Waals surface area contributed by atoms with Crippen molar-refractivity contribution in [3.05, 3.63) is 56.6 Å². The number of phenolic OH excluding ortho intramolecular Hbond substituents is 1. The van der Waals surface area contributed by atoms with Crippen molar-refractivity contribution in [2.24, 2.45) is 0 Å². The van der Waals surface area contributed by atoms with Gasteiger partial charge in [-0.1, -0.05) is 23.2 Å². The number of phenols is 1. The van der Waals surface area contributed by atoms with Gasteiger partial charge in [0.05, 0.1) is 21.2 Å². The van der Waals surface area contributed by atoms with Gasteiger partial charge in [0.25, 0.3) is 0 Å². The molecule has 0 saturated carbocycles. The third kappa shape index (κ3) is 3.32. The minimum atomic E-state index is -1.31. The zero-order valence-electron chi connectivity index (χ0n) is 13.2. The Morgan fingerprint density at radius 3 is 2.00 bits per heavy atom. The van der Waals surface area contributed by atoms with E-state index in [4.69, 9.17) is 23.2 Å². The largest absolute Gasteiger partial charge is 0.507 e. The Balaban J connectivity index is 2.64. The molecule has 0 spiro atoms. The van der Waals surface area contributed by atoms with Crippen molar-refractivity contribution in [1.29, 1.82) is 0 Å². The van der Waals surface area contributed by atoms with E-state index in [9.17, 15) is 19.8 Å². The minimum absolute atomic E-state index is 0.000936. The summed E-state index contributed by atoms with van der Waals surface area (Å²) in [6.07, 6.45) is 0. The van der Waals surface area contributed by atoms with Crippen LogP contribution in [0.25, 0.3) is 0 Å². The van der Waals surface area contributed by atoms with Crippen LogP contribution in [-0.2, 0) is 0 Å². The molecule has 0 heterocycles. The lowest BCUT2D eigenvalue weighted by Crippen LogP contribution is -2.13.